The Morgan fingerprint density at radius 2 is 1.83 bits per heavy atom. The van der Waals surface area contributed by atoms with Crippen LogP contribution in [0.3, 0.4) is 0 Å². The fourth-order valence-electron chi connectivity index (χ4n) is 1.74. The standard InChI is InChI=1S/C13H24N4O/c1-5-10(6-2)15-12-8-11(14-7-3)16-13(17-12)9-18-4/h8,10H,5-7,9H2,1-4H3,(H2,14,15,16,17). The van der Waals surface area contributed by atoms with Crippen LogP contribution < -0.4 is 10.6 Å². The maximum absolute atomic E-state index is 5.09. The monoisotopic (exact) mass is 252 g/mol. The summed E-state index contributed by atoms with van der Waals surface area (Å²) in [6.45, 7) is 7.66. The maximum atomic E-state index is 5.09. The summed E-state index contributed by atoms with van der Waals surface area (Å²) in [4.78, 5) is 8.84. The molecule has 102 valence electrons. The van der Waals surface area contributed by atoms with E-state index in [1.165, 1.54) is 0 Å². The first kappa shape index (κ1) is 14.7. The third kappa shape index (κ3) is 4.49. The average molecular weight is 252 g/mol. The third-order valence-corrected chi connectivity index (χ3v) is 2.74. The molecule has 5 heteroatoms. The lowest BCUT2D eigenvalue weighted by molar-refractivity contribution is 0.178. The molecule has 0 aromatic carbocycles. The van der Waals surface area contributed by atoms with Crippen molar-refractivity contribution in [3.05, 3.63) is 11.9 Å². The number of aromatic nitrogens is 2. The molecule has 5 nitrogen and oxygen atoms in total. The quantitative estimate of drug-likeness (QED) is 0.745. The van der Waals surface area contributed by atoms with Crippen LogP contribution >= 0.6 is 0 Å². The minimum atomic E-state index is 0.427. The number of anilines is 2. The van der Waals surface area contributed by atoms with Gasteiger partial charge < -0.3 is 15.4 Å². The molecular formula is C13H24N4O. The predicted octanol–water partition coefficient (Wildman–Crippen LogP) is 2.66. The number of methoxy groups -OCH3 is 1. The molecule has 1 aromatic rings. The van der Waals surface area contributed by atoms with E-state index in [1.807, 2.05) is 13.0 Å². The van der Waals surface area contributed by atoms with Crippen molar-refractivity contribution >= 4 is 11.6 Å². The molecule has 0 amide bonds. The maximum Gasteiger partial charge on any atom is 0.158 e. The molecule has 0 bridgehead atoms. The summed E-state index contributed by atoms with van der Waals surface area (Å²) in [6.07, 6.45) is 2.16. The van der Waals surface area contributed by atoms with Gasteiger partial charge in [0.15, 0.2) is 5.82 Å². The van der Waals surface area contributed by atoms with Crippen molar-refractivity contribution in [3.63, 3.8) is 0 Å². The van der Waals surface area contributed by atoms with E-state index in [2.05, 4.69) is 34.4 Å². The fourth-order valence-corrected chi connectivity index (χ4v) is 1.74. The van der Waals surface area contributed by atoms with Crippen LogP contribution in [-0.2, 0) is 11.3 Å². The first-order valence-electron chi connectivity index (χ1n) is 6.60. The van der Waals surface area contributed by atoms with Crippen molar-refractivity contribution in [3.8, 4) is 0 Å². The number of ether oxygens (including phenoxy) is 1. The zero-order valence-corrected chi connectivity index (χ0v) is 11.8. The van der Waals surface area contributed by atoms with E-state index >= 15 is 0 Å². The van der Waals surface area contributed by atoms with Crippen molar-refractivity contribution in [1.29, 1.82) is 0 Å². The molecule has 2 N–H and O–H groups in total. The Bertz CT molecular complexity index is 329. The van der Waals surface area contributed by atoms with Crippen molar-refractivity contribution in [1.82, 2.24) is 9.97 Å². The molecule has 1 aromatic heterocycles. The fraction of sp³-hybridized carbons (Fsp3) is 0.692. The van der Waals surface area contributed by atoms with E-state index in [-0.39, 0.29) is 0 Å². The highest BCUT2D eigenvalue weighted by Gasteiger charge is 2.08. The van der Waals surface area contributed by atoms with E-state index in [4.69, 9.17) is 4.74 Å². The third-order valence-electron chi connectivity index (χ3n) is 2.74. The molecule has 0 unspecified atom stereocenters. The summed E-state index contributed by atoms with van der Waals surface area (Å²) < 4.78 is 5.09. The van der Waals surface area contributed by atoms with Crippen LogP contribution in [-0.4, -0.2) is 29.7 Å². The van der Waals surface area contributed by atoms with Crippen LogP contribution in [0.2, 0.25) is 0 Å². The Hall–Kier alpha value is -1.36. The van der Waals surface area contributed by atoms with Crippen LogP contribution in [0.5, 0.6) is 0 Å². The summed E-state index contributed by atoms with van der Waals surface area (Å²) >= 11 is 0. The van der Waals surface area contributed by atoms with Crippen molar-refractivity contribution in [2.24, 2.45) is 0 Å². The molecule has 0 aliphatic rings. The number of nitrogens with one attached hydrogen (secondary N) is 2. The molecule has 0 spiro atoms. The highest BCUT2D eigenvalue weighted by Crippen LogP contribution is 2.14. The van der Waals surface area contributed by atoms with E-state index < -0.39 is 0 Å². The van der Waals surface area contributed by atoms with Gasteiger partial charge in [-0.1, -0.05) is 13.8 Å². The molecular weight excluding hydrogens is 228 g/mol. The lowest BCUT2D eigenvalue weighted by atomic mass is 10.2. The van der Waals surface area contributed by atoms with Gasteiger partial charge in [0, 0.05) is 25.8 Å². The first-order chi connectivity index (χ1) is 8.73. The number of hydrogen-bond acceptors (Lipinski definition) is 5. The highest BCUT2D eigenvalue weighted by molar-refractivity contribution is 5.48. The summed E-state index contributed by atoms with van der Waals surface area (Å²) in [5.41, 5.74) is 0. The molecule has 0 saturated heterocycles. The molecule has 1 heterocycles. The average Bonchev–Trinajstić information content (AvgIpc) is 2.36. The second-order valence-corrected chi connectivity index (χ2v) is 4.18. The molecule has 0 saturated carbocycles. The molecule has 18 heavy (non-hydrogen) atoms. The Morgan fingerprint density at radius 1 is 1.17 bits per heavy atom. The van der Waals surface area contributed by atoms with E-state index in [9.17, 15) is 0 Å². The molecule has 0 aliphatic heterocycles. The van der Waals surface area contributed by atoms with Gasteiger partial charge in [0.2, 0.25) is 0 Å². The Balaban J connectivity index is 2.87. The number of hydrogen-bond donors (Lipinski definition) is 2. The van der Waals surface area contributed by atoms with E-state index in [0.29, 0.717) is 18.5 Å². The van der Waals surface area contributed by atoms with Crippen molar-refractivity contribution < 1.29 is 4.74 Å². The van der Waals surface area contributed by atoms with Gasteiger partial charge in [-0.15, -0.1) is 0 Å². The molecule has 0 aliphatic carbocycles. The summed E-state index contributed by atoms with van der Waals surface area (Å²) in [6, 6.07) is 2.39. The van der Waals surface area contributed by atoms with Gasteiger partial charge in [0.1, 0.15) is 18.2 Å². The van der Waals surface area contributed by atoms with Crippen molar-refractivity contribution in [2.75, 3.05) is 24.3 Å². The Morgan fingerprint density at radius 3 is 2.39 bits per heavy atom. The first-order valence-corrected chi connectivity index (χ1v) is 6.60. The van der Waals surface area contributed by atoms with Gasteiger partial charge in [0.25, 0.3) is 0 Å². The van der Waals surface area contributed by atoms with Gasteiger partial charge in [0.05, 0.1) is 0 Å². The molecule has 1 rings (SSSR count). The molecule has 0 fully saturated rings. The normalized spacial score (nSPS) is 10.7. The van der Waals surface area contributed by atoms with Crippen LogP contribution in [0.25, 0.3) is 0 Å². The Kier molecular flexibility index (Phi) is 6.43. The van der Waals surface area contributed by atoms with Crippen LogP contribution in [0.4, 0.5) is 11.6 Å². The molecule has 0 radical (unpaired) electrons. The second-order valence-electron chi connectivity index (χ2n) is 4.18. The lowest BCUT2D eigenvalue weighted by Gasteiger charge is -2.16. The SMILES string of the molecule is CCNc1cc(NC(CC)CC)nc(COC)n1. The summed E-state index contributed by atoms with van der Waals surface area (Å²) in [5, 5.41) is 6.64. The highest BCUT2D eigenvalue weighted by atomic mass is 16.5. The van der Waals surface area contributed by atoms with Gasteiger partial charge in [-0.3, -0.25) is 0 Å². The van der Waals surface area contributed by atoms with Crippen LogP contribution in [0.15, 0.2) is 6.07 Å². The summed E-state index contributed by atoms with van der Waals surface area (Å²) in [7, 11) is 1.65. The van der Waals surface area contributed by atoms with Crippen LogP contribution in [0.1, 0.15) is 39.4 Å². The Labute approximate surface area is 109 Å². The van der Waals surface area contributed by atoms with E-state index in [1.54, 1.807) is 7.11 Å². The smallest absolute Gasteiger partial charge is 0.158 e. The largest absolute Gasteiger partial charge is 0.377 e. The van der Waals surface area contributed by atoms with Gasteiger partial charge in [-0.05, 0) is 19.8 Å². The minimum absolute atomic E-state index is 0.427. The van der Waals surface area contributed by atoms with Gasteiger partial charge >= 0.3 is 0 Å². The zero-order valence-electron chi connectivity index (χ0n) is 11.8. The number of nitrogens with zero attached hydrogens (tertiary/aromatic N) is 2. The lowest BCUT2D eigenvalue weighted by Crippen LogP contribution is -2.19. The van der Waals surface area contributed by atoms with Gasteiger partial charge in [-0.25, -0.2) is 9.97 Å². The molecule has 0 atom stereocenters. The topological polar surface area (TPSA) is 59.1 Å². The zero-order chi connectivity index (χ0) is 13.4. The van der Waals surface area contributed by atoms with Gasteiger partial charge in [-0.2, -0.15) is 0 Å². The summed E-state index contributed by atoms with van der Waals surface area (Å²) in [5.74, 6) is 2.40. The van der Waals surface area contributed by atoms with E-state index in [0.717, 1.165) is 31.0 Å². The minimum Gasteiger partial charge on any atom is -0.377 e. The number of rotatable bonds is 8. The second kappa shape index (κ2) is 7.87. The van der Waals surface area contributed by atoms with Crippen LogP contribution in [0, 0.1) is 0 Å². The predicted molar refractivity (Wildman–Crippen MR) is 74.9 cm³/mol. The van der Waals surface area contributed by atoms with Crippen molar-refractivity contribution in [2.45, 2.75) is 46.3 Å².